The van der Waals surface area contributed by atoms with Crippen molar-refractivity contribution in [3.63, 3.8) is 0 Å². The molecule has 0 aliphatic carbocycles. The van der Waals surface area contributed by atoms with E-state index in [1.165, 1.54) is 28.4 Å². The molecule has 2 amide bonds. The van der Waals surface area contributed by atoms with Gasteiger partial charge in [0.15, 0.2) is 0 Å². The lowest BCUT2D eigenvalue weighted by atomic mass is 9.94. The van der Waals surface area contributed by atoms with Gasteiger partial charge in [0.05, 0.1) is 11.4 Å². The van der Waals surface area contributed by atoms with E-state index in [2.05, 4.69) is 10.4 Å². The van der Waals surface area contributed by atoms with Gasteiger partial charge in [-0.25, -0.2) is 4.39 Å². The Labute approximate surface area is 207 Å². The van der Waals surface area contributed by atoms with Crippen molar-refractivity contribution < 1.29 is 14.0 Å². The number of nitrogens with zero attached hydrogens (tertiary/aromatic N) is 3. The summed E-state index contributed by atoms with van der Waals surface area (Å²) in [6.07, 6.45) is 0. The molecule has 35 heavy (non-hydrogen) atoms. The van der Waals surface area contributed by atoms with Crippen LogP contribution in [-0.2, 0) is 24.4 Å². The van der Waals surface area contributed by atoms with Crippen molar-refractivity contribution in [1.82, 2.24) is 20.0 Å². The molecule has 0 saturated carbocycles. The largest absolute Gasteiger partial charge is 0.350 e. The molecule has 178 valence electrons. The van der Waals surface area contributed by atoms with Gasteiger partial charge in [-0.1, -0.05) is 48.0 Å². The molecule has 1 aliphatic heterocycles. The van der Waals surface area contributed by atoms with Crippen LogP contribution in [0, 0.1) is 12.7 Å². The Balaban J connectivity index is 1.49. The number of halogens is 1. The third-order valence-electron chi connectivity index (χ3n) is 6.33. The van der Waals surface area contributed by atoms with E-state index >= 15 is 0 Å². The van der Waals surface area contributed by atoms with Crippen molar-refractivity contribution in [2.24, 2.45) is 0 Å². The molecule has 6 nitrogen and oxygen atoms in total. The number of thiophene rings is 1. The monoisotopic (exact) mass is 488 g/mol. The predicted molar refractivity (Wildman–Crippen MR) is 133 cm³/mol. The highest BCUT2D eigenvalue weighted by atomic mass is 32.1. The molecule has 3 heterocycles. The van der Waals surface area contributed by atoms with Crippen LogP contribution in [0.1, 0.15) is 34.1 Å². The molecule has 2 aromatic heterocycles. The van der Waals surface area contributed by atoms with Crippen molar-refractivity contribution in [3.8, 4) is 10.6 Å². The van der Waals surface area contributed by atoms with Gasteiger partial charge in [0.2, 0.25) is 5.91 Å². The van der Waals surface area contributed by atoms with Gasteiger partial charge < -0.3 is 10.2 Å². The smallest absolute Gasteiger partial charge is 0.273 e. The van der Waals surface area contributed by atoms with Crippen LogP contribution in [0.2, 0.25) is 0 Å². The molecule has 0 saturated heterocycles. The number of nitrogens with one attached hydrogen (secondary N) is 1. The second kappa shape index (κ2) is 9.11. The summed E-state index contributed by atoms with van der Waals surface area (Å²) in [6, 6.07) is 19.6. The van der Waals surface area contributed by atoms with E-state index in [9.17, 15) is 14.0 Å². The lowest BCUT2D eigenvalue weighted by Gasteiger charge is -2.43. The SMILES string of the molecule is Cc1cccc(CNC(=O)[C@]2(C)Cn3nc(-c4cccs4)cc3C(=O)N2Cc2cccc(F)c2)c1. The molecule has 5 rings (SSSR count). The van der Waals surface area contributed by atoms with Crippen LogP contribution in [0.5, 0.6) is 0 Å². The zero-order chi connectivity index (χ0) is 24.6. The lowest BCUT2D eigenvalue weighted by molar-refractivity contribution is -0.133. The van der Waals surface area contributed by atoms with Gasteiger partial charge in [-0.05, 0) is 54.6 Å². The first-order valence-corrected chi connectivity index (χ1v) is 12.2. The van der Waals surface area contributed by atoms with Gasteiger partial charge in [-0.15, -0.1) is 11.3 Å². The van der Waals surface area contributed by atoms with Crippen molar-refractivity contribution in [2.75, 3.05) is 0 Å². The Bertz CT molecular complexity index is 1400. The predicted octanol–water partition coefficient (Wildman–Crippen LogP) is 4.79. The molecule has 0 spiro atoms. The molecular formula is C27H25FN4O2S. The number of hydrogen-bond acceptors (Lipinski definition) is 4. The van der Waals surface area contributed by atoms with Crippen LogP contribution in [0.4, 0.5) is 4.39 Å². The number of hydrogen-bond donors (Lipinski definition) is 1. The molecule has 2 aromatic carbocycles. The molecule has 4 aromatic rings. The number of benzene rings is 2. The number of carbonyl (C=O) groups is 2. The van der Waals surface area contributed by atoms with Crippen LogP contribution in [0.3, 0.4) is 0 Å². The first-order valence-electron chi connectivity index (χ1n) is 11.4. The Morgan fingerprint density at radius 1 is 1.11 bits per heavy atom. The minimum Gasteiger partial charge on any atom is -0.350 e. The van der Waals surface area contributed by atoms with Crippen LogP contribution in [-0.4, -0.2) is 32.0 Å². The summed E-state index contributed by atoms with van der Waals surface area (Å²) >= 11 is 1.54. The topological polar surface area (TPSA) is 67.2 Å². The zero-order valence-corrected chi connectivity index (χ0v) is 20.3. The Morgan fingerprint density at radius 2 is 1.91 bits per heavy atom. The van der Waals surface area contributed by atoms with Gasteiger partial charge in [0.1, 0.15) is 22.7 Å². The van der Waals surface area contributed by atoms with Crippen molar-refractivity contribution in [3.05, 3.63) is 100 Å². The van der Waals surface area contributed by atoms with E-state index < -0.39 is 5.54 Å². The second-order valence-corrected chi connectivity index (χ2v) is 9.96. The van der Waals surface area contributed by atoms with E-state index in [0.717, 1.165) is 16.0 Å². The molecule has 1 N–H and O–H groups in total. The van der Waals surface area contributed by atoms with E-state index in [0.29, 0.717) is 23.5 Å². The highest BCUT2D eigenvalue weighted by molar-refractivity contribution is 7.13. The number of rotatable bonds is 6. The van der Waals surface area contributed by atoms with E-state index in [-0.39, 0.29) is 30.7 Å². The zero-order valence-electron chi connectivity index (χ0n) is 19.5. The third kappa shape index (κ3) is 4.49. The summed E-state index contributed by atoms with van der Waals surface area (Å²) in [5, 5.41) is 9.60. The first-order chi connectivity index (χ1) is 16.8. The highest BCUT2D eigenvalue weighted by Crippen LogP contribution is 2.32. The van der Waals surface area contributed by atoms with Crippen LogP contribution in [0.15, 0.2) is 72.1 Å². The molecule has 1 aliphatic rings. The quantitative estimate of drug-likeness (QED) is 0.424. The number of aromatic nitrogens is 2. The molecular weight excluding hydrogens is 463 g/mol. The fourth-order valence-electron chi connectivity index (χ4n) is 4.45. The number of aryl methyl sites for hydroxylation is 1. The van der Waals surface area contributed by atoms with Crippen molar-refractivity contribution >= 4 is 23.2 Å². The summed E-state index contributed by atoms with van der Waals surface area (Å²) in [5.41, 5.74) is 2.57. The Hall–Kier alpha value is -3.78. The summed E-state index contributed by atoms with van der Waals surface area (Å²) in [5.74, 6) is -0.991. The van der Waals surface area contributed by atoms with Crippen molar-refractivity contribution in [1.29, 1.82) is 0 Å². The highest BCUT2D eigenvalue weighted by Gasteiger charge is 2.48. The number of amides is 2. The number of carbonyl (C=O) groups excluding carboxylic acids is 2. The minimum absolute atomic E-state index is 0.102. The normalized spacial score (nSPS) is 17.3. The summed E-state index contributed by atoms with van der Waals surface area (Å²) < 4.78 is 15.5. The summed E-state index contributed by atoms with van der Waals surface area (Å²) in [6.45, 7) is 4.37. The summed E-state index contributed by atoms with van der Waals surface area (Å²) in [4.78, 5) is 29.8. The third-order valence-corrected chi connectivity index (χ3v) is 7.22. The molecule has 0 bridgehead atoms. The van der Waals surface area contributed by atoms with E-state index in [4.69, 9.17) is 0 Å². The number of fused-ring (bicyclic) bond motifs is 1. The average molecular weight is 489 g/mol. The minimum atomic E-state index is -1.22. The summed E-state index contributed by atoms with van der Waals surface area (Å²) in [7, 11) is 0. The second-order valence-electron chi connectivity index (χ2n) is 9.02. The van der Waals surface area contributed by atoms with Gasteiger partial charge in [-0.3, -0.25) is 14.3 Å². The molecule has 0 radical (unpaired) electrons. The van der Waals surface area contributed by atoms with Crippen LogP contribution >= 0.6 is 11.3 Å². The molecule has 8 heteroatoms. The fraction of sp³-hybridized carbons (Fsp3) is 0.222. The van der Waals surface area contributed by atoms with Gasteiger partial charge in [-0.2, -0.15) is 5.10 Å². The van der Waals surface area contributed by atoms with E-state index in [1.54, 1.807) is 29.8 Å². The van der Waals surface area contributed by atoms with Crippen molar-refractivity contribution in [2.45, 2.75) is 39.0 Å². The van der Waals surface area contributed by atoms with Gasteiger partial charge in [0, 0.05) is 13.1 Å². The van der Waals surface area contributed by atoms with Crippen LogP contribution < -0.4 is 5.32 Å². The standard InChI is InChI=1S/C27H25FN4O2S/c1-18-6-3-7-19(12-18)15-29-26(34)27(2)17-32-23(14-22(30-32)24-10-5-11-35-24)25(33)31(27)16-20-8-4-9-21(28)13-20/h3-14H,15-17H2,1-2H3,(H,29,34)/t27-/m0/s1. The maximum atomic E-state index is 13.9. The first kappa shape index (κ1) is 23.0. The maximum absolute atomic E-state index is 13.9. The fourth-order valence-corrected chi connectivity index (χ4v) is 5.13. The lowest BCUT2D eigenvalue weighted by Crippen LogP contribution is -2.63. The van der Waals surface area contributed by atoms with Gasteiger partial charge in [0.25, 0.3) is 5.91 Å². The average Bonchev–Trinajstić information content (AvgIpc) is 3.50. The molecule has 1 atom stereocenters. The molecule has 0 fully saturated rings. The van der Waals surface area contributed by atoms with E-state index in [1.807, 2.05) is 48.7 Å². The van der Waals surface area contributed by atoms with Gasteiger partial charge >= 0.3 is 0 Å². The molecule has 0 unspecified atom stereocenters. The Morgan fingerprint density at radius 3 is 2.66 bits per heavy atom. The Kier molecular flexibility index (Phi) is 5.98. The maximum Gasteiger partial charge on any atom is 0.273 e. The van der Waals surface area contributed by atoms with Crippen LogP contribution in [0.25, 0.3) is 10.6 Å².